The summed E-state index contributed by atoms with van der Waals surface area (Å²) in [6.45, 7) is 7.12. The molecule has 36 heavy (non-hydrogen) atoms. The molecule has 0 saturated carbocycles. The van der Waals surface area contributed by atoms with E-state index in [1.165, 1.54) is 4.90 Å². The van der Waals surface area contributed by atoms with Gasteiger partial charge in [0.05, 0.1) is 30.2 Å². The minimum Gasteiger partial charge on any atom is -0.508 e. The average molecular weight is 500 g/mol. The molecule has 1 amide bonds. The zero-order valence-corrected chi connectivity index (χ0v) is 20.0. The number of benzene rings is 1. The van der Waals surface area contributed by atoms with Crippen molar-refractivity contribution in [3.05, 3.63) is 51.9 Å². The number of nitrogen functional groups attached to an aromatic ring is 1. The molecular formula is C23H23F3N8O2. The van der Waals surface area contributed by atoms with Gasteiger partial charge in [0, 0.05) is 12.1 Å². The fourth-order valence-corrected chi connectivity index (χ4v) is 4.46. The van der Waals surface area contributed by atoms with E-state index in [9.17, 15) is 23.1 Å². The van der Waals surface area contributed by atoms with Crippen LogP contribution in [0, 0.1) is 27.7 Å². The quantitative estimate of drug-likeness (QED) is 0.433. The second-order valence-electron chi connectivity index (χ2n) is 8.84. The van der Waals surface area contributed by atoms with E-state index in [-0.39, 0.29) is 48.1 Å². The average Bonchev–Trinajstić information content (AvgIpc) is 3.36. The summed E-state index contributed by atoms with van der Waals surface area (Å²) >= 11 is 0. The number of carbonyl (C=O) groups excluding carboxylic acids is 1. The maximum absolute atomic E-state index is 13.8. The minimum atomic E-state index is -4.68. The number of rotatable bonds is 2. The summed E-state index contributed by atoms with van der Waals surface area (Å²) in [6, 6.07) is 3.30. The Kier molecular flexibility index (Phi) is 5.19. The maximum atomic E-state index is 13.8. The third-order valence-corrected chi connectivity index (χ3v) is 6.48. The Labute approximate surface area is 203 Å². The van der Waals surface area contributed by atoms with Crippen molar-refractivity contribution in [3.63, 3.8) is 0 Å². The molecule has 10 nitrogen and oxygen atoms in total. The van der Waals surface area contributed by atoms with Gasteiger partial charge in [-0.25, -0.2) is 19.6 Å². The van der Waals surface area contributed by atoms with Gasteiger partial charge in [-0.1, -0.05) is 6.07 Å². The van der Waals surface area contributed by atoms with Crippen LogP contribution in [0.3, 0.4) is 0 Å². The number of alkyl halides is 3. The molecule has 0 spiro atoms. The van der Waals surface area contributed by atoms with Gasteiger partial charge < -0.3 is 15.7 Å². The smallest absolute Gasteiger partial charge is 0.453 e. The van der Waals surface area contributed by atoms with Crippen molar-refractivity contribution >= 4 is 22.9 Å². The summed E-state index contributed by atoms with van der Waals surface area (Å²) in [4.78, 5) is 28.0. The molecule has 0 radical (unpaired) electrons. The molecule has 0 aliphatic carbocycles. The Balaban J connectivity index is 1.66. The summed E-state index contributed by atoms with van der Waals surface area (Å²) < 4.78 is 42.0. The predicted molar refractivity (Wildman–Crippen MR) is 124 cm³/mol. The van der Waals surface area contributed by atoms with Crippen LogP contribution in [0.5, 0.6) is 5.75 Å². The van der Waals surface area contributed by atoms with Crippen molar-refractivity contribution in [1.29, 1.82) is 0 Å². The zero-order chi connectivity index (χ0) is 26.1. The topological polar surface area (TPSA) is 128 Å². The van der Waals surface area contributed by atoms with E-state index in [0.717, 1.165) is 10.2 Å². The number of fused-ring (bicyclic) bond motifs is 2. The van der Waals surface area contributed by atoms with Gasteiger partial charge >= 0.3 is 6.18 Å². The van der Waals surface area contributed by atoms with Crippen LogP contribution in [0.25, 0.3) is 16.9 Å². The SMILES string of the molecule is Cc1ccc(O)c(C)c1-n1c(N)c(C(=O)N2CCn3nc(C(F)(F)F)nc3C2)c2nc(C)c(C)nc21. The summed E-state index contributed by atoms with van der Waals surface area (Å²) in [7, 11) is 0. The van der Waals surface area contributed by atoms with Gasteiger partial charge in [-0.2, -0.15) is 13.2 Å². The number of phenols is 1. The molecule has 0 saturated heterocycles. The summed E-state index contributed by atoms with van der Waals surface area (Å²) in [5.41, 5.74) is 10.4. The van der Waals surface area contributed by atoms with Crippen molar-refractivity contribution in [2.45, 2.75) is 47.0 Å². The number of anilines is 1. The molecule has 0 fully saturated rings. The maximum Gasteiger partial charge on any atom is 0.453 e. The third-order valence-electron chi connectivity index (χ3n) is 6.48. The third kappa shape index (κ3) is 3.53. The second kappa shape index (κ2) is 7.93. The molecule has 3 N–H and O–H groups in total. The van der Waals surface area contributed by atoms with E-state index < -0.39 is 17.9 Å². The van der Waals surface area contributed by atoms with Crippen LogP contribution in [0.15, 0.2) is 12.1 Å². The monoisotopic (exact) mass is 500 g/mol. The summed E-state index contributed by atoms with van der Waals surface area (Å²) in [5.74, 6) is -1.60. The summed E-state index contributed by atoms with van der Waals surface area (Å²) in [6.07, 6.45) is -4.68. The fourth-order valence-electron chi connectivity index (χ4n) is 4.46. The van der Waals surface area contributed by atoms with Gasteiger partial charge in [0.25, 0.3) is 11.7 Å². The molecule has 5 rings (SSSR count). The Hall–Kier alpha value is -4.16. The first-order valence-electron chi connectivity index (χ1n) is 11.1. The lowest BCUT2D eigenvalue weighted by atomic mass is 10.1. The van der Waals surface area contributed by atoms with Crippen LogP contribution in [0.4, 0.5) is 19.0 Å². The lowest BCUT2D eigenvalue weighted by Crippen LogP contribution is -2.39. The number of aromatic nitrogens is 6. The number of carbonyl (C=O) groups is 1. The largest absolute Gasteiger partial charge is 0.508 e. The van der Waals surface area contributed by atoms with Crippen LogP contribution in [0.2, 0.25) is 0 Å². The van der Waals surface area contributed by atoms with Crippen molar-refractivity contribution in [2.24, 2.45) is 0 Å². The highest BCUT2D eigenvalue weighted by molar-refractivity contribution is 6.10. The van der Waals surface area contributed by atoms with Crippen LogP contribution in [-0.4, -0.2) is 51.8 Å². The molecule has 4 aromatic rings. The standard InChI is InChI=1S/C23H23F3N8O2/c1-10-5-6-14(35)11(2)18(10)34-19(27)16(17-20(34)29-13(4)12(3)28-17)21(36)32-7-8-33-15(9-32)30-22(31-33)23(24,25)26/h5-6,35H,7-9,27H2,1-4H3. The Morgan fingerprint density at radius 2 is 1.75 bits per heavy atom. The first-order valence-corrected chi connectivity index (χ1v) is 11.1. The number of nitrogens with two attached hydrogens (primary N) is 1. The van der Waals surface area contributed by atoms with Gasteiger partial charge in [0.15, 0.2) is 5.65 Å². The van der Waals surface area contributed by atoms with E-state index in [0.29, 0.717) is 28.3 Å². The number of halogens is 3. The van der Waals surface area contributed by atoms with E-state index in [2.05, 4.69) is 20.1 Å². The Morgan fingerprint density at radius 1 is 1.06 bits per heavy atom. The van der Waals surface area contributed by atoms with E-state index in [1.54, 1.807) is 37.5 Å². The molecule has 0 bridgehead atoms. The molecule has 0 atom stereocenters. The number of aromatic hydroxyl groups is 1. The molecule has 1 aliphatic rings. The van der Waals surface area contributed by atoms with Crippen molar-refractivity contribution in [3.8, 4) is 11.4 Å². The molecule has 0 unspecified atom stereocenters. The molecule has 1 aromatic carbocycles. The lowest BCUT2D eigenvalue weighted by molar-refractivity contribution is -0.145. The summed E-state index contributed by atoms with van der Waals surface area (Å²) in [5, 5.41) is 13.9. The molecule has 3 aromatic heterocycles. The Bertz CT molecular complexity index is 1550. The normalized spacial score (nSPS) is 13.9. The zero-order valence-electron chi connectivity index (χ0n) is 20.0. The highest BCUT2D eigenvalue weighted by atomic mass is 19.4. The molecule has 4 heterocycles. The number of hydrogen-bond donors (Lipinski definition) is 2. The van der Waals surface area contributed by atoms with Gasteiger partial charge in [0.1, 0.15) is 28.5 Å². The minimum absolute atomic E-state index is 0.0296. The van der Waals surface area contributed by atoms with Gasteiger partial charge in [0.2, 0.25) is 0 Å². The van der Waals surface area contributed by atoms with Crippen LogP contribution in [0.1, 0.15) is 44.5 Å². The number of nitrogens with zero attached hydrogens (tertiary/aromatic N) is 7. The van der Waals surface area contributed by atoms with Crippen LogP contribution >= 0.6 is 0 Å². The van der Waals surface area contributed by atoms with Gasteiger partial charge in [-0.3, -0.25) is 9.36 Å². The Morgan fingerprint density at radius 3 is 2.44 bits per heavy atom. The number of hydrogen-bond acceptors (Lipinski definition) is 7. The highest BCUT2D eigenvalue weighted by Gasteiger charge is 2.39. The molecule has 13 heteroatoms. The van der Waals surface area contributed by atoms with E-state index >= 15 is 0 Å². The molecule has 1 aliphatic heterocycles. The van der Waals surface area contributed by atoms with Crippen molar-refractivity contribution in [2.75, 3.05) is 12.3 Å². The number of amides is 1. The number of aryl methyl sites for hydroxylation is 3. The van der Waals surface area contributed by atoms with Crippen LogP contribution < -0.4 is 5.73 Å². The highest BCUT2D eigenvalue weighted by Crippen LogP contribution is 2.36. The lowest BCUT2D eigenvalue weighted by Gasteiger charge is -2.26. The van der Waals surface area contributed by atoms with E-state index in [1.807, 2.05) is 6.92 Å². The van der Waals surface area contributed by atoms with Crippen molar-refractivity contribution < 1.29 is 23.1 Å². The first kappa shape index (κ1) is 23.6. The number of phenolic OH excluding ortho intramolecular Hbond substituents is 1. The van der Waals surface area contributed by atoms with Gasteiger partial charge in [-0.15, -0.1) is 5.10 Å². The predicted octanol–water partition coefficient (Wildman–Crippen LogP) is 3.21. The first-order chi connectivity index (χ1) is 16.9. The van der Waals surface area contributed by atoms with Crippen LogP contribution in [-0.2, 0) is 19.3 Å². The van der Waals surface area contributed by atoms with Crippen molar-refractivity contribution in [1.82, 2.24) is 34.2 Å². The fraction of sp³-hybridized carbons (Fsp3) is 0.348. The molecular weight excluding hydrogens is 477 g/mol. The van der Waals surface area contributed by atoms with E-state index in [4.69, 9.17) is 5.73 Å². The second-order valence-corrected chi connectivity index (χ2v) is 8.84. The molecule has 188 valence electrons. The van der Waals surface area contributed by atoms with Gasteiger partial charge in [-0.05, 0) is 39.3 Å².